The number of carbonyl (C=O) groups excluding carboxylic acids is 2. The van der Waals surface area contributed by atoms with E-state index in [1.165, 1.54) is 45.1 Å². The van der Waals surface area contributed by atoms with Crippen molar-refractivity contribution in [2.24, 2.45) is 21.5 Å². The second kappa shape index (κ2) is 25.9. The van der Waals surface area contributed by atoms with Crippen LogP contribution in [0.4, 0.5) is 0 Å². The Labute approximate surface area is 430 Å². The molecule has 73 heavy (non-hydrogen) atoms. The van der Waals surface area contributed by atoms with Crippen LogP contribution in [-0.2, 0) is 6.42 Å². The lowest BCUT2D eigenvalue weighted by molar-refractivity contribution is 0.111. The fraction of sp³-hybridized carbons (Fsp3) is 0.246. The Hall–Kier alpha value is -7.98. The molecule has 7 aromatic heterocycles. The fourth-order valence-electron chi connectivity index (χ4n) is 8.79. The van der Waals surface area contributed by atoms with E-state index in [0.29, 0.717) is 74.7 Å². The van der Waals surface area contributed by atoms with Crippen molar-refractivity contribution in [1.82, 2.24) is 43.9 Å². The monoisotopic (exact) mass is 993 g/mol. The largest absolute Gasteiger partial charge is 0.404 e. The van der Waals surface area contributed by atoms with Crippen LogP contribution in [0.15, 0.2) is 156 Å². The lowest BCUT2D eigenvalue weighted by Crippen LogP contribution is -2.30. The van der Waals surface area contributed by atoms with E-state index in [1.807, 2.05) is 116 Å². The second-order valence-corrected chi connectivity index (χ2v) is 18.3. The number of pyridine rings is 5. The molecule has 2 aliphatic rings. The number of hydrogen-bond donors (Lipinski definition) is 3. The number of nitrogens with one attached hydrogen (secondary N) is 1. The van der Waals surface area contributed by atoms with E-state index in [-0.39, 0.29) is 0 Å². The molecule has 0 radical (unpaired) electrons. The number of carbonyl (C=O) groups is 2. The summed E-state index contributed by atoms with van der Waals surface area (Å²) in [6, 6.07) is 33.6. The highest BCUT2D eigenvalue weighted by Crippen LogP contribution is 2.25. The minimum Gasteiger partial charge on any atom is -0.404 e. The standard InChI is InChI=1S/C29H31N7O.C15H21N3.C13H8ClN3O/c30-24(10-14-31-19-23-6-2-1-4-12-32-23)25-9-8-22(18-34-25)16-21-11-15-36-27(20-37)29(35-28(36)17-21)26-7-3-5-13-33-26;1-18-9-5-8-15(18)12-17-11-14(10-16)13-6-3-2-4-7-13;14-9-4-6-17-11(8-18)13(16-12(17)7-9)10-3-1-2-5-15-10/h3,5,7-11,13-15,17-18,20,23,32H,1-2,4,6,12,16,19,30H2;2-4,6-7,10-11,15H,5,8-9,12,16H2,1H3;1-8H/b24-10-,31-14?;14-10+,17-11?;/t23-;15-;/m00./s1. The molecular weight excluding hydrogens is 934 g/mol. The zero-order chi connectivity index (χ0) is 50.8. The van der Waals surface area contributed by atoms with E-state index in [9.17, 15) is 9.59 Å². The van der Waals surface area contributed by atoms with E-state index < -0.39 is 0 Å². The van der Waals surface area contributed by atoms with Crippen molar-refractivity contribution in [3.63, 3.8) is 0 Å². The Morgan fingerprint density at radius 1 is 0.753 bits per heavy atom. The number of hydrogen-bond acceptors (Lipinski definition) is 13. The average molecular weight is 995 g/mol. The highest BCUT2D eigenvalue weighted by Gasteiger charge is 2.20. The van der Waals surface area contributed by atoms with E-state index in [0.717, 1.165) is 60.2 Å². The predicted octanol–water partition coefficient (Wildman–Crippen LogP) is 9.11. The summed E-state index contributed by atoms with van der Waals surface area (Å²) >= 11 is 5.91. The number of nitrogens with zero attached hydrogens (tertiary/aromatic N) is 10. The number of halogens is 1. The van der Waals surface area contributed by atoms with Crippen molar-refractivity contribution >= 4 is 59.2 Å². The smallest absolute Gasteiger partial charge is 0.169 e. The van der Waals surface area contributed by atoms with Gasteiger partial charge < -0.3 is 21.7 Å². The van der Waals surface area contributed by atoms with Crippen LogP contribution in [0.3, 0.4) is 0 Å². The van der Waals surface area contributed by atoms with Gasteiger partial charge in [0, 0.05) is 78.4 Å². The molecule has 0 saturated carbocycles. The number of allylic oxidation sites excluding steroid dienone is 2. The third-order valence-corrected chi connectivity index (χ3v) is 13.0. The SMILES string of the molecule is CN1CCC[C@H]1CN=C/C(=C\N)c1ccccc1.N/C(=C\C=NC[C@@H]1CCCCCN1)c1ccc(Cc2ccn3c(C=O)c(-c4ccccn4)nc3c2)cn1.O=Cc1c(-c2ccccn2)nc2cc(Cl)ccn12. The maximum atomic E-state index is 11.8. The van der Waals surface area contributed by atoms with Crippen LogP contribution in [0.5, 0.6) is 0 Å². The van der Waals surface area contributed by atoms with Gasteiger partial charge in [-0.25, -0.2) is 9.97 Å². The molecule has 16 heteroatoms. The number of rotatable bonds is 14. The molecule has 372 valence electrons. The van der Waals surface area contributed by atoms with Crippen LogP contribution in [0.1, 0.15) is 81.9 Å². The van der Waals surface area contributed by atoms with Crippen molar-refractivity contribution in [3.05, 3.63) is 185 Å². The predicted molar refractivity (Wildman–Crippen MR) is 293 cm³/mol. The normalized spacial score (nSPS) is 16.5. The first-order chi connectivity index (χ1) is 35.8. The molecule has 9 heterocycles. The van der Waals surface area contributed by atoms with Crippen molar-refractivity contribution in [1.29, 1.82) is 0 Å². The Morgan fingerprint density at radius 3 is 2.08 bits per heavy atom. The number of likely N-dealkylation sites (tertiary alicyclic amines) is 1. The van der Waals surface area contributed by atoms with E-state index in [2.05, 4.69) is 52.2 Å². The van der Waals surface area contributed by atoms with Gasteiger partial charge >= 0.3 is 0 Å². The van der Waals surface area contributed by atoms with Gasteiger partial charge in [-0.1, -0.05) is 73.0 Å². The van der Waals surface area contributed by atoms with Crippen LogP contribution in [0, 0.1) is 0 Å². The second-order valence-electron chi connectivity index (χ2n) is 17.8. The fourth-order valence-corrected chi connectivity index (χ4v) is 8.94. The molecule has 2 atom stereocenters. The van der Waals surface area contributed by atoms with Gasteiger partial charge in [-0.15, -0.1) is 0 Å². The highest BCUT2D eigenvalue weighted by molar-refractivity contribution is 6.30. The summed E-state index contributed by atoms with van der Waals surface area (Å²) in [6.07, 6.45) is 25.7. The number of imidazole rings is 2. The average Bonchev–Trinajstić information content (AvgIpc) is 4.07. The Kier molecular flexibility index (Phi) is 18.3. The molecule has 0 unspecified atom stereocenters. The van der Waals surface area contributed by atoms with E-state index >= 15 is 0 Å². The Morgan fingerprint density at radius 2 is 1.45 bits per heavy atom. The van der Waals surface area contributed by atoms with Crippen LogP contribution in [0.2, 0.25) is 5.02 Å². The van der Waals surface area contributed by atoms with Crippen LogP contribution >= 0.6 is 11.6 Å². The van der Waals surface area contributed by atoms with Crippen molar-refractivity contribution < 1.29 is 9.59 Å². The first kappa shape index (κ1) is 51.4. The molecule has 2 saturated heterocycles. The lowest BCUT2D eigenvalue weighted by atomic mass is 10.1. The van der Waals surface area contributed by atoms with Gasteiger partial charge in [-0.2, -0.15) is 0 Å². The topological polar surface area (TPSA) is 199 Å². The molecule has 0 amide bonds. The number of aliphatic imine (C=N–C) groups is 2. The third-order valence-electron chi connectivity index (χ3n) is 12.8. The van der Waals surface area contributed by atoms with Crippen molar-refractivity contribution in [2.75, 3.05) is 33.2 Å². The van der Waals surface area contributed by atoms with Crippen LogP contribution < -0.4 is 16.8 Å². The van der Waals surface area contributed by atoms with Crippen LogP contribution in [-0.4, -0.2) is 109 Å². The first-order valence-corrected chi connectivity index (χ1v) is 24.9. The van der Waals surface area contributed by atoms with Gasteiger partial charge in [0.25, 0.3) is 0 Å². The number of likely N-dealkylation sites (N-methyl/N-ethyl adjacent to an activating group) is 1. The maximum absolute atomic E-state index is 11.8. The molecule has 5 N–H and O–H groups in total. The number of fused-ring (bicyclic) bond motifs is 2. The number of aromatic nitrogens is 7. The molecule has 15 nitrogen and oxygen atoms in total. The molecule has 0 aliphatic carbocycles. The number of benzene rings is 1. The first-order valence-electron chi connectivity index (χ1n) is 24.5. The zero-order valence-corrected chi connectivity index (χ0v) is 41.7. The minimum absolute atomic E-state index is 0.457. The van der Waals surface area contributed by atoms with E-state index in [4.69, 9.17) is 23.1 Å². The summed E-state index contributed by atoms with van der Waals surface area (Å²) in [6.45, 7) is 3.91. The zero-order valence-electron chi connectivity index (χ0n) is 40.9. The van der Waals surface area contributed by atoms with Gasteiger partial charge in [0.15, 0.2) is 12.6 Å². The summed E-state index contributed by atoms with van der Waals surface area (Å²) in [5, 5.41) is 4.13. The van der Waals surface area contributed by atoms with Crippen molar-refractivity contribution in [2.45, 2.75) is 57.0 Å². The summed E-state index contributed by atoms with van der Waals surface area (Å²) < 4.78 is 3.49. The summed E-state index contributed by atoms with van der Waals surface area (Å²) in [4.78, 5) is 56.6. The third kappa shape index (κ3) is 13.7. The molecular formula is C57H60ClN13O2. The summed E-state index contributed by atoms with van der Waals surface area (Å²) in [7, 11) is 2.17. The Balaban J connectivity index is 0.000000164. The van der Waals surface area contributed by atoms with Gasteiger partial charge in [0.1, 0.15) is 34.1 Å². The molecule has 8 aromatic rings. The quantitative estimate of drug-likeness (QED) is 0.0694. The maximum Gasteiger partial charge on any atom is 0.169 e. The summed E-state index contributed by atoms with van der Waals surface area (Å²) in [5.41, 5.74) is 22.2. The van der Waals surface area contributed by atoms with Gasteiger partial charge in [-0.3, -0.25) is 43.3 Å². The van der Waals surface area contributed by atoms with Gasteiger partial charge in [0.2, 0.25) is 0 Å². The lowest BCUT2D eigenvalue weighted by Gasteiger charge is -2.16. The molecule has 0 bridgehead atoms. The minimum atomic E-state index is 0.457. The molecule has 0 spiro atoms. The number of aldehydes is 2. The summed E-state index contributed by atoms with van der Waals surface area (Å²) in [5.74, 6) is 0. The van der Waals surface area contributed by atoms with E-state index in [1.54, 1.807) is 51.9 Å². The molecule has 1 aromatic carbocycles. The molecule has 2 aliphatic heterocycles. The van der Waals surface area contributed by atoms with Crippen LogP contribution in [0.25, 0.3) is 45.3 Å². The van der Waals surface area contributed by atoms with Crippen molar-refractivity contribution in [3.8, 4) is 22.8 Å². The Bertz CT molecular complexity index is 3180. The molecule has 10 rings (SSSR count). The van der Waals surface area contributed by atoms with Gasteiger partial charge in [0.05, 0.1) is 35.9 Å². The number of nitrogens with two attached hydrogens (primary N) is 2. The highest BCUT2D eigenvalue weighted by atomic mass is 35.5. The van der Waals surface area contributed by atoms with Gasteiger partial charge in [-0.05, 0) is 124 Å². The molecule has 2 fully saturated rings.